The third kappa shape index (κ3) is 7.64. The molecule has 1 atom stereocenters. The van der Waals surface area contributed by atoms with Gasteiger partial charge in [-0.25, -0.2) is 14.2 Å². The zero-order valence-electron chi connectivity index (χ0n) is 21.9. The van der Waals surface area contributed by atoms with Gasteiger partial charge in [-0.05, 0) is 62.4 Å². The maximum absolute atomic E-state index is 14.2. The quantitative estimate of drug-likeness (QED) is 0.215. The first-order chi connectivity index (χ1) is 18.8. The maximum atomic E-state index is 14.2. The zero-order valence-corrected chi connectivity index (χ0v) is 21.9. The smallest absolute Gasteiger partial charge is 0.320 e. The van der Waals surface area contributed by atoms with Crippen molar-refractivity contribution in [2.75, 3.05) is 17.7 Å². The molecule has 10 nitrogen and oxygen atoms in total. The highest BCUT2D eigenvalue weighted by Gasteiger charge is 2.24. The van der Waals surface area contributed by atoms with Crippen molar-refractivity contribution in [1.82, 2.24) is 10.3 Å². The van der Waals surface area contributed by atoms with Gasteiger partial charge in [0, 0.05) is 24.8 Å². The minimum atomic E-state index is -0.609. The van der Waals surface area contributed by atoms with Crippen molar-refractivity contribution in [1.29, 1.82) is 0 Å². The first kappa shape index (κ1) is 27.8. The van der Waals surface area contributed by atoms with Gasteiger partial charge in [-0.3, -0.25) is 15.4 Å². The summed E-state index contributed by atoms with van der Waals surface area (Å²) in [6.07, 6.45) is 3.34. The van der Waals surface area contributed by atoms with Gasteiger partial charge >= 0.3 is 11.7 Å². The number of pyridine rings is 1. The summed E-state index contributed by atoms with van der Waals surface area (Å²) in [5.41, 5.74) is 1.17. The fourth-order valence-corrected chi connectivity index (χ4v) is 4.57. The van der Waals surface area contributed by atoms with Gasteiger partial charge in [-0.15, -0.1) is 0 Å². The van der Waals surface area contributed by atoms with Crippen LogP contribution in [0.5, 0.6) is 5.75 Å². The molecule has 1 fully saturated rings. The Morgan fingerprint density at radius 2 is 1.87 bits per heavy atom. The topological polar surface area (TPSA) is 128 Å². The van der Waals surface area contributed by atoms with Crippen LogP contribution in [-0.2, 0) is 11.3 Å². The number of ether oxygens (including phenoxy) is 2. The molecule has 0 unspecified atom stereocenters. The molecule has 2 amide bonds. The summed E-state index contributed by atoms with van der Waals surface area (Å²) in [5, 5.41) is 20.1. The second kappa shape index (κ2) is 13.0. The first-order valence-electron chi connectivity index (χ1n) is 12.8. The van der Waals surface area contributed by atoms with Gasteiger partial charge < -0.3 is 20.1 Å². The molecular weight excluding hydrogens is 505 g/mol. The van der Waals surface area contributed by atoms with E-state index >= 15 is 0 Å². The van der Waals surface area contributed by atoms with E-state index in [4.69, 9.17) is 9.47 Å². The van der Waals surface area contributed by atoms with E-state index in [2.05, 4.69) is 20.9 Å². The summed E-state index contributed by atoms with van der Waals surface area (Å²) < 4.78 is 25.5. The zero-order chi connectivity index (χ0) is 27.8. The Kier molecular flexibility index (Phi) is 9.27. The van der Waals surface area contributed by atoms with Crippen molar-refractivity contribution in [2.45, 2.75) is 57.4 Å². The number of nitrogens with one attached hydrogen (secondary N) is 3. The monoisotopic (exact) mass is 537 g/mol. The number of anilines is 2. The first-order valence-corrected chi connectivity index (χ1v) is 12.8. The molecule has 0 aliphatic heterocycles. The molecule has 0 radical (unpaired) electrons. The van der Waals surface area contributed by atoms with Crippen LogP contribution in [-0.4, -0.2) is 35.2 Å². The number of halogens is 1. The number of benzene rings is 2. The predicted octanol–water partition coefficient (Wildman–Crippen LogP) is 5.96. The summed E-state index contributed by atoms with van der Waals surface area (Å²) >= 11 is 0. The summed E-state index contributed by atoms with van der Waals surface area (Å²) in [6, 6.07) is 15.4. The number of nitrogens with zero attached hydrogens (tertiary/aromatic N) is 2. The van der Waals surface area contributed by atoms with Gasteiger partial charge in [0.2, 0.25) is 5.82 Å². The SMILES string of the molecule is COC1CCC(NC(=O)Nc2nc(N[C@H](C)c3cc(F)ccc3OCc3ccccc3)ccc2[N+](=O)[O-])CC1. The Labute approximate surface area is 226 Å². The Balaban J connectivity index is 1.46. The van der Waals surface area contributed by atoms with Crippen molar-refractivity contribution < 1.29 is 23.6 Å². The van der Waals surface area contributed by atoms with E-state index < -0.39 is 22.8 Å². The highest BCUT2D eigenvalue weighted by Crippen LogP contribution is 2.31. The van der Waals surface area contributed by atoms with Crippen LogP contribution >= 0.6 is 0 Å². The molecule has 0 spiro atoms. The van der Waals surface area contributed by atoms with E-state index in [9.17, 15) is 19.3 Å². The summed E-state index contributed by atoms with van der Waals surface area (Å²) in [4.78, 5) is 27.9. The van der Waals surface area contributed by atoms with Gasteiger partial charge in [0.15, 0.2) is 0 Å². The fourth-order valence-electron chi connectivity index (χ4n) is 4.57. The van der Waals surface area contributed by atoms with Crippen molar-refractivity contribution in [3.63, 3.8) is 0 Å². The lowest BCUT2D eigenvalue weighted by atomic mass is 9.93. The lowest BCUT2D eigenvalue weighted by Crippen LogP contribution is -2.41. The summed E-state index contributed by atoms with van der Waals surface area (Å²) in [6.45, 7) is 2.10. The van der Waals surface area contributed by atoms with Crippen LogP contribution in [0.2, 0.25) is 0 Å². The number of carbonyl (C=O) groups is 1. The average molecular weight is 538 g/mol. The Hall–Kier alpha value is -4.25. The van der Waals surface area contributed by atoms with Crippen molar-refractivity contribution in [3.8, 4) is 5.75 Å². The van der Waals surface area contributed by atoms with Crippen molar-refractivity contribution in [3.05, 3.63) is 87.7 Å². The molecule has 39 heavy (non-hydrogen) atoms. The minimum Gasteiger partial charge on any atom is -0.489 e. The number of amides is 2. The number of methoxy groups -OCH3 is 1. The van der Waals surface area contributed by atoms with Gasteiger partial charge in [0.05, 0.1) is 17.1 Å². The van der Waals surface area contributed by atoms with Crippen LogP contribution < -0.4 is 20.7 Å². The van der Waals surface area contributed by atoms with Crippen LogP contribution in [0.15, 0.2) is 60.7 Å². The Morgan fingerprint density at radius 3 is 2.56 bits per heavy atom. The number of urea groups is 1. The Bertz CT molecular complexity index is 1280. The molecule has 1 aliphatic carbocycles. The van der Waals surface area contributed by atoms with Crippen LogP contribution in [0.4, 0.5) is 26.5 Å². The largest absolute Gasteiger partial charge is 0.489 e. The lowest BCUT2D eigenvalue weighted by molar-refractivity contribution is -0.384. The normalized spacial score (nSPS) is 17.6. The molecular formula is C28H32FN5O5. The number of aromatic nitrogens is 1. The minimum absolute atomic E-state index is 0.0564. The third-order valence-electron chi connectivity index (χ3n) is 6.69. The fraction of sp³-hybridized carbons (Fsp3) is 0.357. The number of carbonyl (C=O) groups excluding carboxylic acids is 1. The maximum Gasteiger partial charge on any atom is 0.320 e. The number of hydrogen-bond acceptors (Lipinski definition) is 7. The molecule has 3 N–H and O–H groups in total. The highest BCUT2D eigenvalue weighted by molar-refractivity contribution is 5.91. The van der Waals surface area contributed by atoms with Crippen LogP contribution in [0, 0.1) is 15.9 Å². The van der Waals surface area contributed by atoms with E-state index in [-0.39, 0.29) is 29.5 Å². The predicted molar refractivity (Wildman–Crippen MR) is 145 cm³/mol. The van der Waals surface area contributed by atoms with Crippen LogP contribution in [0.25, 0.3) is 0 Å². The molecule has 1 aliphatic rings. The van der Waals surface area contributed by atoms with Gasteiger partial charge in [-0.1, -0.05) is 30.3 Å². The van der Waals surface area contributed by atoms with E-state index in [1.165, 1.54) is 24.3 Å². The molecule has 4 rings (SSSR count). The second-order valence-corrected chi connectivity index (χ2v) is 9.45. The molecule has 206 valence electrons. The third-order valence-corrected chi connectivity index (χ3v) is 6.69. The van der Waals surface area contributed by atoms with Gasteiger partial charge in [0.1, 0.15) is 24.0 Å². The molecule has 2 aromatic carbocycles. The molecule has 0 bridgehead atoms. The number of nitro groups is 1. The molecule has 1 saturated carbocycles. The van der Waals surface area contributed by atoms with E-state index in [0.717, 1.165) is 31.2 Å². The van der Waals surface area contributed by atoms with E-state index in [1.54, 1.807) is 20.1 Å². The number of rotatable bonds is 10. The van der Waals surface area contributed by atoms with E-state index in [0.29, 0.717) is 17.9 Å². The van der Waals surface area contributed by atoms with Crippen LogP contribution in [0.3, 0.4) is 0 Å². The van der Waals surface area contributed by atoms with Gasteiger partial charge in [0.25, 0.3) is 0 Å². The average Bonchev–Trinajstić information content (AvgIpc) is 2.93. The van der Waals surface area contributed by atoms with E-state index in [1.807, 2.05) is 30.3 Å². The molecule has 1 heterocycles. The summed E-state index contributed by atoms with van der Waals surface area (Å²) in [7, 11) is 1.67. The highest BCUT2D eigenvalue weighted by atomic mass is 19.1. The standard InChI is InChI=1S/C28H32FN5O5/c1-18(23-16-20(29)8-14-25(23)39-17-19-6-4-3-5-7-19)30-26-15-13-24(34(36)37)27(32-26)33-28(35)31-21-9-11-22(38-2)12-10-21/h3-8,13-16,18,21-22H,9-12,17H2,1-2H3,(H3,30,31,32,33,35)/t18-,21?,22?/m1/s1. The molecule has 1 aromatic heterocycles. The molecule has 11 heteroatoms. The number of hydrogen-bond donors (Lipinski definition) is 3. The lowest BCUT2D eigenvalue weighted by Gasteiger charge is -2.28. The Morgan fingerprint density at radius 1 is 1.13 bits per heavy atom. The molecule has 3 aromatic rings. The second-order valence-electron chi connectivity index (χ2n) is 9.45. The van der Waals surface area contributed by atoms with Crippen molar-refractivity contribution in [2.24, 2.45) is 0 Å². The van der Waals surface area contributed by atoms with Crippen LogP contribution in [0.1, 0.15) is 49.8 Å². The van der Waals surface area contributed by atoms with Gasteiger partial charge in [-0.2, -0.15) is 0 Å². The molecule has 0 saturated heterocycles. The summed E-state index contributed by atoms with van der Waals surface area (Å²) in [5.74, 6) is 0.131. The van der Waals surface area contributed by atoms with Crippen molar-refractivity contribution >= 4 is 23.4 Å².